The lowest BCUT2D eigenvalue weighted by atomic mass is 10.2. The van der Waals surface area contributed by atoms with E-state index >= 15 is 0 Å². The molecular formula is C13H16Cl2N4OS2. The summed E-state index contributed by atoms with van der Waals surface area (Å²) in [5, 5.41) is 14.2. The molecule has 0 saturated heterocycles. The highest BCUT2D eigenvalue weighted by Crippen LogP contribution is 2.35. The minimum Gasteiger partial charge on any atom is -0.326 e. The van der Waals surface area contributed by atoms with Gasteiger partial charge in [0.15, 0.2) is 4.34 Å². The van der Waals surface area contributed by atoms with Crippen LogP contribution in [0.2, 0.25) is 5.02 Å². The van der Waals surface area contributed by atoms with Crippen molar-refractivity contribution in [2.75, 3.05) is 18.9 Å². The van der Waals surface area contributed by atoms with Crippen molar-refractivity contribution in [3.05, 3.63) is 28.7 Å². The van der Waals surface area contributed by atoms with Crippen molar-refractivity contribution in [2.45, 2.75) is 22.1 Å². The Morgan fingerprint density at radius 1 is 1.45 bits per heavy atom. The molecule has 22 heavy (non-hydrogen) atoms. The fraction of sp³-hybridized carbons (Fsp3) is 0.308. The molecule has 0 radical (unpaired) electrons. The van der Waals surface area contributed by atoms with Crippen LogP contribution in [0.5, 0.6) is 0 Å². The minimum atomic E-state index is -0.00848. The van der Waals surface area contributed by atoms with Crippen LogP contribution in [0, 0.1) is 0 Å². The summed E-state index contributed by atoms with van der Waals surface area (Å²) in [6.07, 6.45) is 1.29. The monoisotopic (exact) mass is 378 g/mol. The van der Waals surface area contributed by atoms with E-state index in [1.54, 1.807) is 11.6 Å². The third-order valence-electron chi connectivity index (χ3n) is 2.58. The summed E-state index contributed by atoms with van der Waals surface area (Å²) >= 11 is 9.15. The number of benzene rings is 1. The van der Waals surface area contributed by atoms with Gasteiger partial charge in [-0.2, -0.15) is 0 Å². The highest BCUT2D eigenvalue weighted by Gasteiger charge is 2.08. The van der Waals surface area contributed by atoms with Crippen LogP contribution in [0.1, 0.15) is 12.8 Å². The number of aromatic nitrogens is 2. The van der Waals surface area contributed by atoms with Gasteiger partial charge in [-0.05, 0) is 38.2 Å². The molecule has 0 saturated carbocycles. The Kier molecular flexibility index (Phi) is 8.74. The summed E-state index contributed by atoms with van der Waals surface area (Å²) in [6.45, 7) is 0.825. The number of anilines is 1. The minimum absolute atomic E-state index is 0. The molecule has 2 rings (SSSR count). The van der Waals surface area contributed by atoms with Crippen molar-refractivity contribution in [1.82, 2.24) is 15.5 Å². The van der Waals surface area contributed by atoms with Crippen LogP contribution in [0.15, 0.2) is 32.9 Å². The van der Waals surface area contributed by atoms with Crippen LogP contribution in [0.25, 0.3) is 0 Å². The van der Waals surface area contributed by atoms with Gasteiger partial charge in [0.05, 0.1) is 5.02 Å². The molecule has 1 aromatic heterocycles. The Balaban J connectivity index is 0.00000242. The lowest BCUT2D eigenvalue weighted by Gasteiger charge is -2.07. The second-order valence-corrected chi connectivity index (χ2v) is 6.74. The number of rotatable bonds is 7. The maximum Gasteiger partial charge on any atom is 0.224 e. The molecule has 0 aliphatic heterocycles. The van der Waals surface area contributed by atoms with Gasteiger partial charge in [-0.25, -0.2) is 0 Å². The van der Waals surface area contributed by atoms with E-state index in [9.17, 15) is 4.79 Å². The lowest BCUT2D eigenvalue weighted by Crippen LogP contribution is -2.15. The first-order chi connectivity index (χ1) is 10.2. The molecule has 0 atom stereocenters. The summed E-state index contributed by atoms with van der Waals surface area (Å²) in [4.78, 5) is 12.6. The van der Waals surface area contributed by atoms with E-state index in [1.165, 1.54) is 23.1 Å². The number of halogens is 2. The van der Waals surface area contributed by atoms with Crippen LogP contribution >= 0.6 is 47.1 Å². The number of hydrogen-bond donors (Lipinski definition) is 2. The van der Waals surface area contributed by atoms with Crippen molar-refractivity contribution in [3.8, 4) is 0 Å². The fourth-order valence-corrected chi connectivity index (χ4v) is 3.35. The van der Waals surface area contributed by atoms with E-state index in [1.807, 2.05) is 19.2 Å². The van der Waals surface area contributed by atoms with Crippen molar-refractivity contribution in [3.63, 3.8) is 0 Å². The average Bonchev–Trinajstić information content (AvgIpc) is 2.95. The highest BCUT2D eigenvalue weighted by atomic mass is 35.5. The molecule has 2 N–H and O–H groups in total. The molecule has 5 nitrogen and oxygen atoms in total. The average molecular weight is 379 g/mol. The highest BCUT2D eigenvalue weighted by molar-refractivity contribution is 8.01. The molecular weight excluding hydrogens is 363 g/mol. The lowest BCUT2D eigenvalue weighted by molar-refractivity contribution is -0.116. The summed E-state index contributed by atoms with van der Waals surface area (Å²) in [6, 6.07) is 5.46. The van der Waals surface area contributed by atoms with Gasteiger partial charge in [0.25, 0.3) is 0 Å². The van der Waals surface area contributed by atoms with Gasteiger partial charge in [-0.15, -0.1) is 22.6 Å². The van der Waals surface area contributed by atoms with Crippen molar-refractivity contribution < 1.29 is 4.79 Å². The van der Waals surface area contributed by atoms with Crippen molar-refractivity contribution in [2.24, 2.45) is 0 Å². The zero-order chi connectivity index (χ0) is 15.1. The normalized spacial score (nSPS) is 10.1. The summed E-state index contributed by atoms with van der Waals surface area (Å²) < 4.78 is 0.834. The van der Waals surface area contributed by atoms with Gasteiger partial charge in [0.2, 0.25) is 5.91 Å². The first kappa shape index (κ1) is 19.2. The smallest absolute Gasteiger partial charge is 0.224 e. The number of amides is 1. The van der Waals surface area contributed by atoms with Gasteiger partial charge in [-0.3, -0.25) is 4.79 Å². The maximum absolute atomic E-state index is 11.7. The van der Waals surface area contributed by atoms with Crippen LogP contribution in [0.3, 0.4) is 0 Å². The predicted octanol–water partition coefficient (Wildman–Crippen LogP) is 3.70. The van der Waals surface area contributed by atoms with Crippen molar-refractivity contribution in [1.29, 1.82) is 0 Å². The first-order valence-electron chi connectivity index (χ1n) is 6.37. The molecule has 2 aromatic rings. The maximum atomic E-state index is 11.7. The third kappa shape index (κ3) is 6.10. The number of carbonyl (C=O) groups is 1. The van der Waals surface area contributed by atoms with E-state index in [0.29, 0.717) is 17.1 Å². The number of nitrogens with zero attached hydrogens (tertiary/aromatic N) is 2. The van der Waals surface area contributed by atoms with Gasteiger partial charge >= 0.3 is 0 Å². The van der Waals surface area contributed by atoms with Crippen LogP contribution in [0.4, 0.5) is 5.69 Å². The molecule has 0 spiro atoms. The summed E-state index contributed by atoms with van der Waals surface area (Å²) in [5.74, 6) is -0.00848. The number of carbonyl (C=O) groups excluding carboxylic acids is 1. The van der Waals surface area contributed by atoms with E-state index < -0.39 is 0 Å². The zero-order valence-electron chi connectivity index (χ0n) is 11.8. The van der Waals surface area contributed by atoms with E-state index in [0.717, 1.165) is 22.2 Å². The fourth-order valence-electron chi connectivity index (χ4n) is 1.61. The zero-order valence-corrected chi connectivity index (χ0v) is 15.0. The molecule has 1 heterocycles. The topological polar surface area (TPSA) is 66.9 Å². The second kappa shape index (κ2) is 10.0. The molecule has 9 heteroatoms. The Morgan fingerprint density at radius 3 is 2.91 bits per heavy atom. The van der Waals surface area contributed by atoms with Gasteiger partial charge in [0, 0.05) is 17.0 Å². The van der Waals surface area contributed by atoms with Crippen LogP contribution < -0.4 is 10.6 Å². The molecule has 120 valence electrons. The Labute approximate surface area is 148 Å². The van der Waals surface area contributed by atoms with E-state index in [2.05, 4.69) is 20.8 Å². The van der Waals surface area contributed by atoms with E-state index in [-0.39, 0.29) is 18.3 Å². The third-order valence-corrected chi connectivity index (χ3v) is 4.86. The summed E-state index contributed by atoms with van der Waals surface area (Å²) in [5.41, 5.74) is 2.38. The summed E-state index contributed by atoms with van der Waals surface area (Å²) in [7, 11) is 1.87. The standard InChI is InChI=1S/C13H15ClN4OS2.ClH/c1-15-6-2-3-12(19)17-9-4-5-11(10(14)7-9)21-13-18-16-8-20-13;/h4-5,7-8,15H,2-3,6H2,1H3,(H,17,19);1H. The molecule has 0 aliphatic rings. The molecule has 0 bridgehead atoms. The van der Waals surface area contributed by atoms with E-state index in [4.69, 9.17) is 11.6 Å². The molecule has 0 unspecified atom stereocenters. The Hall–Kier alpha value is -0.860. The Bertz CT molecular complexity index is 596. The molecule has 1 aromatic carbocycles. The Morgan fingerprint density at radius 2 is 2.27 bits per heavy atom. The second-order valence-electron chi connectivity index (χ2n) is 4.21. The molecule has 0 fully saturated rings. The number of hydrogen-bond acceptors (Lipinski definition) is 6. The molecule has 0 aliphatic carbocycles. The number of nitrogens with one attached hydrogen (secondary N) is 2. The van der Waals surface area contributed by atoms with Crippen LogP contribution in [-0.4, -0.2) is 29.7 Å². The first-order valence-corrected chi connectivity index (χ1v) is 8.44. The van der Waals surface area contributed by atoms with Gasteiger partial charge < -0.3 is 10.6 Å². The largest absolute Gasteiger partial charge is 0.326 e. The van der Waals surface area contributed by atoms with Crippen LogP contribution in [-0.2, 0) is 4.79 Å². The van der Waals surface area contributed by atoms with Gasteiger partial charge in [-0.1, -0.05) is 34.7 Å². The SMILES string of the molecule is CNCCCC(=O)Nc1ccc(Sc2nncs2)c(Cl)c1.Cl. The van der Waals surface area contributed by atoms with Gasteiger partial charge in [0.1, 0.15) is 5.51 Å². The van der Waals surface area contributed by atoms with Crippen molar-refractivity contribution >= 4 is 58.7 Å². The quantitative estimate of drug-likeness (QED) is 0.718. The predicted molar refractivity (Wildman–Crippen MR) is 94.5 cm³/mol. The molecule has 1 amide bonds.